The fourth-order valence-corrected chi connectivity index (χ4v) is 2.34. The summed E-state index contributed by atoms with van der Waals surface area (Å²) in [6.45, 7) is 0.265. The van der Waals surface area contributed by atoms with Crippen molar-refractivity contribution in [3.8, 4) is 0 Å². The summed E-state index contributed by atoms with van der Waals surface area (Å²) in [6, 6.07) is 7.08. The van der Waals surface area contributed by atoms with E-state index in [0.29, 0.717) is 28.5 Å². The van der Waals surface area contributed by atoms with Crippen molar-refractivity contribution in [3.05, 3.63) is 47.7 Å². The van der Waals surface area contributed by atoms with Crippen LogP contribution in [0, 0.1) is 0 Å². The predicted octanol–water partition coefficient (Wildman–Crippen LogP) is 3.43. The van der Waals surface area contributed by atoms with E-state index in [1.807, 2.05) is 12.1 Å². The van der Waals surface area contributed by atoms with Gasteiger partial charge in [-0.15, -0.1) is 12.4 Å². The Morgan fingerprint density at radius 2 is 2.17 bits per heavy atom. The van der Waals surface area contributed by atoms with Gasteiger partial charge in [-0.25, -0.2) is 4.98 Å². The van der Waals surface area contributed by atoms with Gasteiger partial charge in [0.15, 0.2) is 11.5 Å². The molecule has 0 bridgehead atoms. The number of furan rings is 1. The van der Waals surface area contributed by atoms with Gasteiger partial charge in [0.05, 0.1) is 12.1 Å². The highest BCUT2D eigenvalue weighted by molar-refractivity contribution is 6.04. The lowest BCUT2D eigenvalue weighted by molar-refractivity contribution is 0.102. The number of aromatic nitrogens is 1. The van der Waals surface area contributed by atoms with E-state index >= 15 is 0 Å². The van der Waals surface area contributed by atoms with Crippen molar-refractivity contribution in [1.29, 1.82) is 0 Å². The maximum Gasteiger partial charge on any atom is 0.258 e. The van der Waals surface area contributed by atoms with Crippen LogP contribution >= 0.6 is 12.4 Å². The molecular weight excluding hydrogens is 318 g/mol. The summed E-state index contributed by atoms with van der Waals surface area (Å²) in [5.74, 6) is 1.58. The van der Waals surface area contributed by atoms with Crippen LogP contribution < -0.4 is 11.1 Å². The van der Waals surface area contributed by atoms with Crippen molar-refractivity contribution in [2.45, 2.75) is 25.3 Å². The first-order chi connectivity index (χ1) is 10.7. The van der Waals surface area contributed by atoms with Crippen molar-refractivity contribution in [1.82, 2.24) is 4.98 Å². The van der Waals surface area contributed by atoms with E-state index in [-0.39, 0.29) is 24.9 Å². The first-order valence-electron chi connectivity index (χ1n) is 7.22. The number of nitrogens with one attached hydrogen (secondary N) is 1. The third-order valence-electron chi connectivity index (χ3n) is 3.71. The van der Waals surface area contributed by atoms with E-state index in [2.05, 4.69) is 10.3 Å². The minimum absolute atomic E-state index is 0. The number of nitrogens with zero attached hydrogens (tertiary/aromatic N) is 1. The van der Waals surface area contributed by atoms with Crippen LogP contribution in [-0.2, 0) is 6.54 Å². The Hall–Kier alpha value is -2.31. The van der Waals surface area contributed by atoms with Crippen molar-refractivity contribution in [2.75, 3.05) is 5.32 Å². The summed E-state index contributed by atoms with van der Waals surface area (Å²) in [4.78, 5) is 16.6. The van der Waals surface area contributed by atoms with E-state index in [9.17, 15) is 4.79 Å². The summed E-state index contributed by atoms with van der Waals surface area (Å²) >= 11 is 0. The van der Waals surface area contributed by atoms with Crippen LogP contribution in [0.3, 0.4) is 0 Å². The summed E-state index contributed by atoms with van der Waals surface area (Å²) in [6.07, 6.45) is 3.68. The van der Waals surface area contributed by atoms with Gasteiger partial charge in [-0.2, -0.15) is 0 Å². The van der Waals surface area contributed by atoms with Crippen molar-refractivity contribution < 1.29 is 13.6 Å². The number of amides is 1. The monoisotopic (exact) mass is 333 g/mol. The summed E-state index contributed by atoms with van der Waals surface area (Å²) in [7, 11) is 0. The molecular formula is C16H16ClN3O3. The van der Waals surface area contributed by atoms with Gasteiger partial charge in [0, 0.05) is 17.7 Å². The number of rotatable bonds is 4. The quantitative estimate of drug-likeness (QED) is 0.762. The minimum Gasteiger partial charge on any atom is -0.467 e. The van der Waals surface area contributed by atoms with Crippen LogP contribution in [0.1, 0.15) is 40.8 Å². The Kier molecular flexibility index (Phi) is 4.11. The Morgan fingerprint density at radius 3 is 2.87 bits per heavy atom. The van der Waals surface area contributed by atoms with Crippen LogP contribution in [0.25, 0.3) is 11.1 Å². The molecule has 23 heavy (non-hydrogen) atoms. The highest BCUT2D eigenvalue weighted by Crippen LogP contribution is 2.40. The number of nitrogens with two attached hydrogens (primary N) is 1. The molecule has 1 aliphatic carbocycles. The molecule has 3 aromatic rings. The van der Waals surface area contributed by atoms with Gasteiger partial charge in [-0.3, -0.25) is 4.79 Å². The molecule has 120 valence electrons. The van der Waals surface area contributed by atoms with Gasteiger partial charge in [0.1, 0.15) is 17.5 Å². The lowest BCUT2D eigenvalue weighted by Gasteiger charge is -2.02. The second-order valence-electron chi connectivity index (χ2n) is 5.47. The summed E-state index contributed by atoms with van der Waals surface area (Å²) < 4.78 is 10.9. The van der Waals surface area contributed by atoms with Crippen LogP contribution in [0.4, 0.5) is 5.69 Å². The molecule has 0 radical (unpaired) electrons. The average molecular weight is 334 g/mol. The number of fused-ring (bicyclic) bond motifs is 1. The molecule has 1 saturated carbocycles. The molecule has 3 N–H and O–H groups in total. The molecule has 4 rings (SSSR count). The van der Waals surface area contributed by atoms with E-state index in [1.54, 1.807) is 12.1 Å². The fourth-order valence-electron chi connectivity index (χ4n) is 2.34. The first kappa shape index (κ1) is 15.6. The first-order valence-corrected chi connectivity index (χ1v) is 7.22. The molecule has 1 aromatic carbocycles. The number of halogens is 1. The van der Waals surface area contributed by atoms with E-state index in [0.717, 1.165) is 24.2 Å². The van der Waals surface area contributed by atoms with Crippen molar-refractivity contribution in [3.63, 3.8) is 0 Å². The molecule has 7 heteroatoms. The number of anilines is 1. The second kappa shape index (κ2) is 6.06. The molecule has 0 spiro atoms. The highest BCUT2D eigenvalue weighted by atomic mass is 35.5. The highest BCUT2D eigenvalue weighted by Gasteiger charge is 2.28. The predicted molar refractivity (Wildman–Crippen MR) is 87.8 cm³/mol. The number of benzene rings is 1. The second-order valence-corrected chi connectivity index (χ2v) is 5.47. The third-order valence-corrected chi connectivity index (χ3v) is 3.71. The van der Waals surface area contributed by atoms with E-state index in [4.69, 9.17) is 14.6 Å². The lowest BCUT2D eigenvalue weighted by Crippen LogP contribution is -2.10. The Bertz CT molecular complexity index is 851. The number of oxazole rings is 1. The Balaban J connectivity index is 0.00000156. The smallest absolute Gasteiger partial charge is 0.258 e. The van der Waals surface area contributed by atoms with Crippen LogP contribution in [-0.4, -0.2) is 10.9 Å². The molecule has 0 aliphatic heterocycles. The normalized spacial score (nSPS) is 13.8. The van der Waals surface area contributed by atoms with Crippen LogP contribution in [0.2, 0.25) is 0 Å². The molecule has 1 aliphatic rings. The zero-order chi connectivity index (χ0) is 15.1. The zero-order valence-corrected chi connectivity index (χ0v) is 13.1. The lowest BCUT2D eigenvalue weighted by atomic mass is 10.2. The Labute approximate surface area is 138 Å². The zero-order valence-electron chi connectivity index (χ0n) is 12.2. The van der Waals surface area contributed by atoms with E-state index < -0.39 is 0 Å². The molecule has 0 atom stereocenters. The van der Waals surface area contributed by atoms with Gasteiger partial charge in [0.25, 0.3) is 5.91 Å². The topological polar surface area (TPSA) is 94.3 Å². The third kappa shape index (κ3) is 3.09. The van der Waals surface area contributed by atoms with E-state index in [1.165, 1.54) is 6.26 Å². The van der Waals surface area contributed by atoms with Gasteiger partial charge in [0.2, 0.25) is 0 Å². The van der Waals surface area contributed by atoms with Gasteiger partial charge in [-0.05, 0) is 31.0 Å². The number of hydrogen-bond acceptors (Lipinski definition) is 5. The maximum atomic E-state index is 12.1. The molecule has 2 heterocycles. The largest absolute Gasteiger partial charge is 0.467 e. The Morgan fingerprint density at radius 1 is 1.35 bits per heavy atom. The number of carbonyl (C=O) groups is 1. The SMILES string of the molecule is Cl.NCc1cc(C(=O)Nc2ccc3nc(C4CC4)oc3c2)co1. The molecule has 2 aromatic heterocycles. The van der Waals surface area contributed by atoms with Crippen LogP contribution in [0.5, 0.6) is 0 Å². The van der Waals surface area contributed by atoms with Crippen molar-refractivity contribution in [2.24, 2.45) is 5.73 Å². The summed E-state index contributed by atoms with van der Waals surface area (Å²) in [5.41, 5.74) is 8.07. The maximum absolute atomic E-state index is 12.1. The molecule has 6 nitrogen and oxygen atoms in total. The summed E-state index contributed by atoms with van der Waals surface area (Å²) in [5, 5.41) is 2.81. The fraction of sp³-hybridized carbons (Fsp3) is 0.250. The molecule has 0 saturated heterocycles. The van der Waals surface area contributed by atoms with Gasteiger partial charge >= 0.3 is 0 Å². The molecule has 1 amide bonds. The standard InChI is InChI=1S/C16H15N3O3.ClH/c17-7-12-5-10(8-21-12)15(20)18-11-3-4-13-14(6-11)22-16(19-13)9-1-2-9;/h3-6,8-9H,1-2,7,17H2,(H,18,20);1H. The number of carbonyl (C=O) groups excluding carboxylic acids is 1. The molecule has 0 unspecified atom stereocenters. The molecule has 1 fully saturated rings. The van der Waals surface area contributed by atoms with Crippen LogP contribution in [0.15, 0.2) is 39.4 Å². The minimum atomic E-state index is -0.246. The van der Waals surface area contributed by atoms with Crippen molar-refractivity contribution >= 4 is 35.1 Å². The average Bonchev–Trinajstić information content (AvgIpc) is 3.11. The van der Waals surface area contributed by atoms with Gasteiger partial charge < -0.3 is 19.9 Å². The number of hydrogen-bond donors (Lipinski definition) is 2. The van der Waals surface area contributed by atoms with Gasteiger partial charge in [-0.1, -0.05) is 0 Å².